The van der Waals surface area contributed by atoms with Crippen LogP contribution in [0.2, 0.25) is 0 Å². The van der Waals surface area contributed by atoms with E-state index < -0.39 is 11.6 Å². The first kappa shape index (κ1) is 14.6. The van der Waals surface area contributed by atoms with Gasteiger partial charge in [0.2, 0.25) is 0 Å². The van der Waals surface area contributed by atoms with E-state index in [1.807, 2.05) is 24.3 Å². The van der Waals surface area contributed by atoms with Crippen molar-refractivity contribution in [2.75, 3.05) is 13.7 Å². The molecule has 0 aromatic heterocycles. The summed E-state index contributed by atoms with van der Waals surface area (Å²) in [5.41, 5.74) is 0.264. The molecule has 0 amide bonds. The van der Waals surface area contributed by atoms with E-state index in [1.165, 1.54) is 14.0 Å². The second-order valence-corrected chi connectivity index (χ2v) is 4.35. The SMILES string of the molecule is COC(=O)C(C)(O)CNCc1cccc(CO)c1. The minimum absolute atomic E-state index is 0.00623. The van der Waals surface area contributed by atoms with Crippen LogP contribution in [0.5, 0.6) is 0 Å². The Labute approximate surface area is 106 Å². The second-order valence-electron chi connectivity index (χ2n) is 4.35. The first-order valence-electron chi connectivity index (χ1n) is 5.70. The minimum Gasteiger partial charge on any atom is -0.467 e. The molecule has 1 unspecified atom stereocenters. The molecular weight excluding hydrogens is 234 g/mol. The zero-order valence-corrected chi connectivity index (χ0v) is 10.6. The normalized spacial score (nSPS) is 14.0. The van der Waals surface area contributed by atoms with Crippen LogP contribution in [0.3, 0.4) is 0 Å². The zero-order chi connectivity index (χ0) is 13.6. The summed E-state index contributed by atoms with van der Waals surface area (Å²) in [6.07, 6.45) is 0. The van der Waals surface area contributed by atoms with Gasteiger partial charge in [-0.05, 0) is 18.1 Å². The largest absolute Gasteiger partial charge is 0.467 e. The maximum Gasteiger partial charge on any atom is 0.338 e. The van der Waals surface area contributed by atoms with E-state index in [4.69, 9.17) is 5.11 Å². The van der Waals surface area contributed by atoms with Gasteiger partial charge in [-0.3, -0.25) is 0 Å². The van der Waals surface area contributed by atoms with Crippen LogP contribution < -0.4 is 5.32 Å². The number of benzene rings is 1. The predicted octanol–water partition coefficient (Wildman–Crippen LogP) is 0.192. The summed E-state index contributed by atoms with van der Waals surface area (Å²) in [6, 6.07) is 7.44. The van der Waals surface area contributed by atoms with Gasteiger partial charge in [0.1, 0.15) is 0 Å². The van der Waals surface area contributed by atoms with Crippen molar-refractivity contribution in [3.05, 3.63) is 35.4 Å². The van der Waals surface area contributed by atoms with E-state index in [9.17, 15) is 9.90 Å². The second kappa shape index (κ2) is 6.49. The lowest BCUT2D eigenvalue weighted by atomic mass is 10.1. The number of hydrogen-bond acceptors (Lipinski definition) is 5. The molecule has 1 aromatic carbocycles. The average Bonchev–Trinajstić information content (AvgIpc) is 2.37. The van der Waals surface area contributed by atoms with Crippen molar-refractivity contribution in [1.82, 2.24) is 5.32 Å². The molecule has 5 heteroatoms. The van der Waals surface area contributed by atoms with Gasteiger partial charge < -0.3 is 20.3 Å². The maximum atomic E-state index is 11.2. The van der Waals surface area contributed by atoms with Gasteiger partial charge in [-0.25, -0.2) is 4.79 Å². The molecule has 18 heavy (non-hydrogen) atoms. The average molecular weight is 253 g/mol. The van der Waals surface area contributed by atoms with Crippen molar-refractivity contribution in [2.24, 2.45) is 0 Å². The highest BCUT2D eigenvalue weighted by Gasteiger charge is 2.30. The smallest absolute Gasteiger partial charge is 0.338 e. The van der Waals surface area contributed by atoms with E-state index in [0.717, 1.165) is 11.1 Å². The molecule has 100 valence electrons. The van der Waals surface area contributed by atoms with Crippen LogP contribution >= 0.6 is 0 Å². The molecule has 0 saturated heterocycles. The monoisotopic (exact) mass is 253 g/mol. The lowest BCUT2D eigenvalue weighted by molar-refractivity contribution is -0.159. The predicted molar refractivity (Wildman–Crippen MR) is 66.7 cm³/mol. The number of esters is 1. The van der Waals surface area contributed by atoms with E-state index >= 15 is 0 Å². The third-order valence-electron chi connectivity index (χ3n) is 2.60. The molecular formula is C13H19NO4. The van der Waals surface area contributed by atoms with Gasteiger partial charge >= 0.3 is 5.97 Å². The van der Waals surface area contributed by atoms with Crippen LogP contribution in [0.1, 0.15) is 18.1 Å². The Kier molecular flexibility index (Phi) is 5.27. The van der Waals surface area contributed by atoms with Crippen LogP contribution in [0, 0.1) is 0 Å². The molecule has 1 rings (SSSR count). The summed E-state index contributed by atoms with van der Waals surface area (Å²) < 4.78 is 4.49. The molecule has 0 aliphatic rings. The Morgan fingerprint density at radius 3 is 2.72 bits per heavy atom. The zero-order valence-electron chi connectivity index (χ0n) is 10.6. The first-order chi connectivity index (χ1) is 8.49. The van der Waals surface area contributed by atoms with Gasteiger partial charge in [-0.2, -0.15) is 0 Å². The van der Waals surface area contributed by atoms with E-state index in [2.05, 4.69) is 10.1 Å². The van der Waals surface area contributed by atoms with Crippen LogP contribution in [-0.4, -0.2) is 35.4 Å². The molecule has 5 nitrogen and oxygen atoms in total. The molecule has 0 aliphatic carbocycles. The highest BCUT2D eigenvalue weighted by atomic mass is 16.5. The number of carbonyl (C=O) groups is 1. The fourth-order valence-corrected chi connectivity index (χ4v) is 1.58. The highest BCUT2D eigenvalue weighted by molar-refractivity contribution is 5.78. The van der Waals surface area contributed by atoms with Gasteiger partial charge in [-0.1, -0.05) is 24.3 Å². The summed E-state index contributed by atoms with van der Waals surface area (Å²) in [5, 5.41) is 21.8. The summed E-state index contributed by atoms with van der Waals surface area (Å²) in [5.74, 6) is -0.667. The summed E-state index contributed by atoms with van der Waals surface area (Å²) in [6.45, 7) is 1.99. The van der Waals surface area contributed by atoms with Crippen molar-refractivity contribution >= 4 is 5.97 Å². The molecule has 0 bridgehead atoms. The Bertz CT molecular complexity index is 404. The number of ether oxygens (including phenoxy) is 1. The topological polar surface area (TPSA) is 78.8 Å². The van der Waals surface area contributed by atoms with Gasteiger partial charge in [0, 0.05) is 13.1 Å². The number of carbonyl (C=O) groups excluding carboxylic acids is 1. The molecule has 0 spiro atoms. The standard InChI is InChI=1S/C13H19NO4/c1-13(17,12(16)18-2)9-14-7-10-4-3-5-11(6-10)8-15/h3-6,14-15,17H,7-9H2,1-2H3. The number of methoxy groups -OCH3 is 1. The van der Waals surface area contributed by atoms with E-state index in [1.54, 1.807) is 0 Å². The molecule has 0 heterocycles. The van der Waals surface area contributed by atoms with Crippen LogP contribution in [0.25, 0.3) is 0 Å². The molecule has 0 radical (unpaired) electrons. The Balaban J connectivity index is 2.48. The highest BCUT2D eigenvalue weighted by Crippen LogP contribution is 2.07. The number of nitrogens with one attached hydrogen (secondary N) is 1. The molecule has 0 aliphatic heterocycles. The summed E-state index contributed by atoms with van der Waals surface area (Å²) >= 11 is 0. The van der Waals surface area contributed by atoms with Crippen molar-refractivity contribution in [2.45, 2.75) is 25.7 Å². The van der Waals surface area contributed by atoms with Crippen molar-refractivity contribution in [3.63, 3.8) is 0 Å². The molecule has 0 saturated carbocycles. The molecule has 1 aromatic rings. The maximum absolute atomic E-state index is 11.2. The van der Waals surface area contributed by atoms with Crippen LogP contribution in [0.4, 0.5) is 0 Å². The number of rotatable bonds is 6. The quantitative estimate of drug-likeness (QED) is 0.631. The minimum atomic E-state index is -1.54. The van der Waals surface area contributed by atoms with Crippen LogP contribution in [0.15, 0.2) is 24.3 Å². The molecule has 1 atom stereocenters. The number of aliphatic hydroxyl groups excluding tert-OH is 1. The molecule has 3 N–H and O–H groups in total. The Hall–Kier alpha value is -1.43. The van der Waals surface area contributed by atoms with Gasteiger partial charge in [-0.15, -0.1) is 0 Å². The van der Waals surface area contributed by atoms with Gasteiger partial charge in [0.15, 0.2) is 5.60 Å². The fourth-order valence-electron chi connectivity index (χ4n) is 1.58. The fraction of sp³-hybridized carbons (Fsp3) is 0.462. The third-order valence-corrected chi connectivity index (χ3v) is 2.60. The van der Waals surface area contributed by atoms with E-state index in [-0.39, 0.29) is 13.2 Å². The lowest BCUT2D eigenvalue weighted by Gasteiger charge is -2.20. The lowest BCUT2D eigenvalue weighted by Crippen LogP contribution is -2.45. The Morgan fingerprint density at radius 1 is 1.44 bits per heavy atom. The number of hydrogen-bond donors (Lipinski definition) is 3. The van der Waals surface area contributed by atoms with Gasteiger partial charge in [0.05, 0.1) is 13.7 Å². The summed E-state index contributed by atoms with van der Waals surface area (Å²) in [7, 11) is 1.24. The Morgan fingerprint density at radius 2 is 2.11 bits per heavy atom. The summed E-state index contributed by atoms with van der Waals surface area (Å²) in [4.78, 5) is 11.2. The third kappa shape index (κ3) is 4.10. The van der Waals surface area contributed by atoms with Crippen molar-refractivity contribution in [3.8, 4) is 0 Å². The molecule has 0 fully saturated rings. The number of aliphatic hydroxyl groups is 2. The van der Waals surface area contributed by atoms with Crippen molar-refractivity contribution < 1.29 is 19.7 Å². The van der Waals surface area contributed by atoms with E-state index in [0.29, 0.717) is 6.54 Å². The van der Waals surface area contributed by atoms with Crippen molar-refractivity contribution in [1.29, 1.82) is 0 Å². The first-order valence-corrected chi connectivity index (χ1v) is 5.70. The van der Waals surface area contributed by atoms with Crippen LogP contribution in [-0.2, 0) is 22.7 Å². The van der Waals surface area contributed by atoms with Gasteiger partial charge in [0.25, 0.3) is 0 Å².